The monoisotopic (exact) mass is 324 g/mol. The van der Waals surface area contributed by atoms with Gasteiger partial charge in [-0.15, -0.1) is 0 Å². The Bertz CT molecular complexity index is 718. The third kappa shape index (κ3) is 3.21. The van der Waals surface area contributed by atoms with E-state index < -0.39 is 0 Å². The number of fused-ring (bicyclic) bond motifs is 1. The lowest BCUT2D eigenvalue weighted by atomic mass is 9.93. The van der Waals surface area contributed by atoms with Crippen molar-refractivity contribution < 1.29 is 4.79 Å². The van der Waals surface area contributed by atoms with Crippen LogP contribution in [0.25, 0.3) is 11.0 Å². The van der Waals surface area contributed by atoms with Crippen LogP contribution in [0.4, 0.5) is 4.79 Å². The Hall–Kier alpha value is -2.17. The molecule has 0 radical (unpaired) electrons. The molecule has 0 aromatic carbocycles. The Morgan fingerprint density at radius 2 is 1.88 bits per heavy atom. The average molecular weight is 324 g/mol. The van der Waals surface area contributed by atoms with Crippen LogP contribution in [0.15, 0.2) is 30.5 Å². The molecule has 1 saturated heterocycles. The second kappa shape index (κ2) is 6.75. The molecule has 5 heteroatoms. The van der Waals surface area contributed by atoms with Gasteiger partial charge >= 0.3 is 6.03 Å². The van der Waals surface area contributed by atoms with Crippen LogP contribution in [0.3, 0.4) is 0 Å². The van der Waals surface area contributed by atoms with Gasteiger partial charge in [-0.25, -0.2) is 14.8 Å². The van der Waals surface area contributed by atoms with Crippen molar-refractivity contribution in [3.63, 3.8) is 0 Å². The van der Waals surface area contributed by atoms with Crippen LogP contribution < -0.4 is 5.32 Å². The van der Waals surface area contributed by atoms with Crippen LogP contribution in [0.5, 0.6) is 0 Å². The van der Waals surface area contributed by atoms with E-state index >= 15 is 0 Å². The first-order chi connectivity index (χ1) is 11.8. The maximum atomic E-state index is 12.4. The largest absolute Gasteiger partial charge is 0.335 e. The lowest BCUT2D eigenvalue weighted by Crippen LogP contribution is -2.47. The number of pyridine rings is 2. The topological polar surface area (TPSA) is 58.1 Å². The molecule has 3 heterocycles. The Labute approximate surface area is 142 Å². The molecule has 2 aliphatic rings. The van der Waals surface area contributed by atoms with Crippen molar-refractivity contribution in [3.8, 4) is 0 Å². The highest BCUT2D eigenvalue weighted by Crippen LogP contribution is 2.28. The summed E-state index contributed by atoms with van der Waals surface area (Å²) in [4.78, 5) is 23.4. The van der Waals surface area contributed by atoms with Crippen molar-refractivity contribution in [2.45, 2.75) is 50.5 Å². The van der Waals surface area contributed by atoms with E-state index in [9.17, 15) is 4.79 Å². The highest BCUT2D eigenvalue weighted by atomic mass is 16.2. The highest BCUT2D eigenvalue weighted by Gasteiger charge is 2.26. The van der Waals surface area contributed by atoms with Gasteiger partial charge in [-0.1, -0.05) is 12.8 Å². The molecule has 1 aliphatic carbocycles. The molecule has 0 spiro atoms. The molecule has 2 fully saturated rings. The Morgan fingerprint density at radius 3 is 2.67 bits per heavy atom. The molecule has 24 heavy (non-hydrogen) atoms. The lowest BCUT2D eigenvalue weighted by Gasteiger charge is -2.32. The molecule has 1 N–H and O–H groups in total. The number of piperidine rings is 1. The zero-order chi connectivity index (χ0) is 16.4. The molecular formula is C19H24N4O. The van der Waals surface area contributed by atoms with Crippen LogP contribution >= 0.6 is 0 Å². The molecule has 0 unspecified atom stereocenters. The maximum Gasteiger partial charge on any atom is 0.317 e. The number of nitrogens with one attached hydrogen (secondary N) is 1. The summed E-state index contributed by atoms with van der Waals surface area (Å²) >= 11 is 0. The minimum Gasteiger partial charge on any atom is -0.335 e. The Morgan fingerprint density at radius 1 is 1.08 bits per heavy atom. The van der Waals surface area contributed by atoms with Crippen LogP contribution in [-0.4, -0.2) is 40.0 Å². The fraction of sp³-hybridized carbons (Fsp3) is 0.526. The van der Waals surface area contributed by atoms with Crippen molar-refractivity contribution in [1.29, 1.82) is 0 Å². The third-order valence-electron chi connectivity index (χ3n) is 5.37. The van der Waals surface area contributed by atoms with Gasteiger partial charge in [0.1, 0.15) is 0 Å². The summed E-state index contributed by atoms with van der Waals surface area (Å²) in [5.74, 6) is 0.423. The summed E-state index contributed by atoms with van der Waals surface area (Å²) in [5, 5.41) is 4.27. The first-order valence-electron chi connectivity index (χ1n) is 9.07. The van der Waals surface area contributed by atoms with Gasteiger partial charge in [0.25, 0.3) is 0 Å². The Kier molecular flexibility index (Phi) is 4.32. The summed E-state index contributed by atoms with van der Waals surface area (Å²) in [6.07, 6.45) is 8.50. The molecule has 2 amide bonds. The molecular weight excluding hydrogens is 300 g/mol. The SMILES string of the molecule is O=C(NC1CCCC1)N1CCC(c2ccc3cccnc3n2)CC1. The smallest absolute Gasteiger partial charge is 0.317 e. The normalized spacial score (nSPS) is 19.8. The molecule has 2 aromatic rings. The number of likely N-dealkylation sites (tertiary alicyclic amines) is 1. The number of hydrogen-bond acceptors (Lipinski definition) is 3. The predicted octanol–water partition coefficient (Wildman–Crippen LogP) is 3.46. The summed E-state index contributed by atoms with van der Waals surface area (Å²) in [7, 11) is 0. The Balaban J connectivity index is 1.37. The van der Waals surface area contributed by atoms with Gasteiger partial charge in [-0.3, -0.25) is 0 Å². The van der Waals surface area contributed by atoms with E-state index in [2.05, 4.69) is 22.4 Å². The minimum absolute atomic E-state index is 0.119. The van der Waals surface area contributed by atoms with E-state index in [0.717, 1.165) is 55.5 Å². The number of rotatable bonds is 2. The molecule has 0 atom stereocenters. The lowest BCUT2D eigenvalue weighted by molar-refractivity contribution is 0.177. The van der Waals surface area contributed by atoms with E-state index in [0.29, 0.717) is 12.0 Å². The summed E-state index contributed by atoms with van der Waals surface area (Å²) in [6.45, 7) is 1.62. The quantitative estimate of drug-likeness (QED) is 0.920. The van der Waals surface area contributed by atoms with Gasteiger partial charge in [-0.2, -0.15) is 0 Å². The molecule has 4 rings (SSSR count). The molecule has 1 saturated carbocycles. The summed E-state index contributed by atoms with van der Waals surface area (Å²) in [5.41, 5.74) is 1.92. The van der Waals surface area contributed by atoms with Crippen LogP contribution in [0.1, 0.15) is 50.1 Å². The molecule has 1 aliphatic heterocycles. The van der Waals surface area contributed by atoms with Gasteiger partial charge in [0, 0.05) is 42.3 Å². The average Bonchev–Trinajstić information content (AvgIpc) is 3.14. The zero-order valence-electron chi connectivity index (χ0n) is 13.9. The van der Waals surface area contributed by atoms with Gasteiger partial charge in [0.2, 0.25) is 0 Å². The van der Waals surface area contributed by atoms with Gasteiger partial charge in [0.05, 0.1) is 0 Å². The molecule has 5 nitrogen and oxygen atoms in total. The van der Waals surface area contributed by atoms with E-state index in [1.807, 2.05) is 17.0 Å². The summed E-state index contributed by atoms with van der Waals surface area (Å²) < 4.78 is 0. The first-order valence-corrected chi connectivity index (χ1v) is 9.07. The van der Waals surface area contributed by atoms with Crippen molar-refractivity contribution in [2.24, 2.45) is 0 Å². The minimum atomic E-state index is 0.119. The number of aromatic nitrogens is 2. The fourth-order valence-corrected chi connectivity index (χ4v) is 3.91. The standard InChI is InChI=1S/C19H24N4O/c24-19(21-16-5-1-2-6-16)23-12-9-14(10-13-23)17-8-7-15-4-3-11-20-18(15)22-17/h3-4,7-8,11,14,16H,1-2,5-6,9-10,12-13H2,(H,21,24). The predicted molar refractivity (Wildman–Crippen MR) is 93.9 cm³/mol. The number of nitrogens with zero attached hydrogens (tertiary/aromatic N) is 3. The van der Waals surface area contributed by atoms with E-state index in [1.54, 1.807) is 6.20 Å². The number of carbonyl (C=O) groups is 1. The number of urea groups is 1. The first kappa shape index (κ1) is 15.4. The molecule has 2 aromatic heterocycles. The van der Waals surface area contributed by atoms with E-state index in [1.165, 1.54) is 12.8 Å². The van der Waals surface area contributed by atoms with Crippen LogP contribution in [-0.2, 0) is 0 Å². The van der Waals surface area contributed by atoms with Gasteiger partial charge in [-0.05, 0) is 49.9 Å². The molecule has 126 valence electrons. The number of carbonyl (C=O) groups excluding carboxylic acids is 1. The zero-order valence-corrected chi connectivity index (χ0v) is 13.9. The van der Waals surface area contributed by atoms with E-state index in [4.69, 9.17) is 4.98 Å². The highest BCUT2D eigenvalue weighted by molar-refractivity contribution is 5.75. The second-order valence-electron chi connectivity index (χ2n) is 6.98. The second-order valence-corrected chi connectivity index (χ2v) is 6.98. The van der Waals surface area contributed by atoms with E-state index in [-0.39, 0.29) is 6.03 Å². The van der Waals surface area contributed by atoms with Crippen molar-refractivity contribution in [2.75, 3.05) is 13.1 Å². The van der Waals surface area contributed by atoms with Crippen molar-refractivity contribution in [1.82, 2.24) is 20.2 Å². The number of amides is 2. The fourth-order valence-electron chi connectivity index (χ4n) is 3.91. The number of hydrogen-bond donors (Lipinski definition) is 1. The van der Waals surface area contributed by atoms with Gasteiger partial charge < -0.3 is 10.2 Å². The summed E-state index contributed by atoms with van der Waals surface area (Å²) in [6, 6.07) is 8.70. The van der Waals surface area contributed by atoms with Crippen LogP contribution in [0, 0.1) is 0 Å². The van der Waals surface area contributed by atoms with Crippen molar-refractivity contribution >= 4 is 17.1 Å². The third-order valence-corrected chi connectivity index (χ3v) is 5.37. The maximum absolute atomic E-state index is 12.4. The molecule has 0 bridgehead atoms. The van der Waals surface area contributed by atoms with Crippen molar-refractivity contribution in [3.05, 3.63) is 36.2 Å². The van der Waals surface area contributed by atoms with Gasteiger partial charge in [0.15, 0.2) is 5.65 Å². The van der Waals surface area contributed by atoms with Crippen LogP contribution in [0.2, 0.25) is 0 Å².